The van der Waals surface area contributed by atoms with Gasteiger partial charge in [0.15, 0.2) is 0 Å². The molecule has 0 amide bonds. The first-order valence-corrected chi connectivity index (χ1v) is 6.64. The molecule has 1 unspecified atom stereocenters. The number of ether oxygens (including phenoxy) is 1. The van der Waals surface area contributed by atoms with Crippen LogP contribution in [-0.4, -0.2) is 58.4 Å². The third kappa shape index (κ3) is 3.51. The minimum Gasteiger partial charge on any atom is -0.468 e. The van der Waals surface area contributed by atoms with Crippen molar-refractivity contribution in [1.29, 1.82) is 0 Å². The van der Waals surface area contributed by atoms with E-state index in [1.807, 2.05) is 4.57 Å². The van der Waals surface area contributed by atoms with Crippen LogP contribution in [0, 0.1) is 0 Å². The first-order chi connectivity index (χ1) is 9.24. The molecule has 2 heterocycles. The van der Waals surface area contributed by atoms with E-state index in [0.29, 0.717) is 6.54 Å². The molecule has 0 radical (unpaired) electrons. The summed E-state index contributed by atoms with van der Waals surface area (Å²) in [6.45, 7) is 6.01. The zero-order valence-corrected chi connectivity index (χ0v) is 11.5. The number of hydrogen-bond donors (Lipinski definition) is 1. The maximum atomic E-state index is 11.7. The number of carbonyl (C=O) groups excluding carboxylic acids is 1. The van der Waals surface area contributed by atoms with Crippen molar-refractivity contribution in [3.05, 3.63) is 12.2 Å². The molecule has 0 bridgehead atoms. The number of hydrogen-bond acceptors (Lipinski definition) is 6. The maximum Gasteiger partial charge on any atom is 0.324 e. The van der Waals surface area contributed by atoms with Crippen LogP contribution < -0.4 is 5.32 Å². The number of nitrogens with zero attached hydrogens (tertiary/aromatic N) is 4. The van der Waals surface area contributed by atoms with Gasteiger partial charge in [-0.3, -0.25) is 9.69 Å². The first kappa shape index (κ1) is 14.0. The predicted octanol–water partition coefficient (Wildman–Crippen LogP) is -0.365. The van der Waals surface area contributed by atoms with Crippen LogP contribution in [0.4, 0.5) is 0 Å². The van der Waals surface area contributed by atoms with Crippen molar-refractivity contribution in [2.24, 2.45) is 0 Å². The Bertz CT molecular complexity index is 420. The molecular formula is C12H21N5O2. The molecule has 0 aromatic carbocycles. The molecule has 1 aliphatic heterocycles. The average Bonchev–Trinajstić information content (AvgIpc) is 2.90. The second kappa shape index (κ2) is 6.63. The van der Waals surface area contributed by atoms with E-state index in [0.717, 1.165) is 38.4 Å². The molecule has 1 N–H and O–H groups in total. The third-order valence-electron chi connectivity index (χ3n) is 3.29. The highest BCUT2D eigenvalue weighted by molar-refractivity contribution is 5.75. The Labute approximate surface area is 112 Å². The second-order valence-corrected chi connectivity index (χ2v) is 4.71. The van der Waals surface area contributed by atoms with Crippen LogP contribution in [0.2, 0.25) is 0 Å². The van der Waals surface area contributed by atoms with E-state index in [9.17, 15) is 4.79 Å². The molecule has 1 aromatic rings. The van der Waals surface area contributed by atoms with Crippen LogP contribution in [0.15, 0.2) is 6.33 Å². The molecule has 1 aliphatic rings. The lowest BCUT2D eigenvalue weighted by Crippen LogP contribution is -2.48. The Kier molecular flexibility index (Phi) is 4.86. The normalized spacial score (nSPS) is 16.9. The summed E-state index contributed by atoms with van der Waals surface area (Å²) in [5.41, 5.74) is 0. The Morgan fingerprint density at radius 3 is 3.16 bits per heavy atom. The van der Waals surface area contributed by atoms with Crippen molar-refractivity contribution in [2.45, 2.75) is 32.5 Å². The molecule has 7 nitrogen and oxygen atoms in total. The lowest BCUT2D eigenvalue weighted by atomic mass is 10.2. The van der Waals surface area contributed by atoms with Gasteiger partial charge in [-0.1, -0.05) is 6.92 Å². The van der Waals surface area contributed by atoms with Gasteiger partial charge in [0.2, 0.25) is 0 Å². The van der Waals surface area contributed by atoms with E-state index in [1.54, 1.807) is 6.33 Å². The average molecular weight is 267 g/mol. The van der Waals surface area contributed by atoms with Gasteiger partial charge in [-0.05, 0) is 13.0 Å². The zero-order valence-electron chi connectivity index (χ0n) is 11.5. The second-order valence-electron chi connectivity index (χ2n) is 4.71. The molecule has 0 fully saturated rings. The Morgan fingerprint density at radius 2 is 2.42 bits per heavy atom. The quantitative estimate of drug-likeness (QED) is 0.709. The van der Waals surface area contributed by atoms with Gasteiger partial charge < -0.3 is 14.6 Å². The van der Waals surface area contributed by atoms with E-state index in [-0.39, 0.29) is 12.0 Å². The van der Waals surface area contributed by atoms with Crippen molar-refractivity contribution >= 4 is 5.97 Å². The number of esters is 1. The standard InChI is InChI=1S/C12H21N5O2/c1-3-4-13-10(12(18)19-2)7-16-5-6-17-9-14-15-11(17)8-16/h9-10,13H,3-8H2,1-2H3. The molecule has 19 heavy (non-hydrogen) atoms. The molecule has 0 aliphatic carbocycles. The summed E-state index contributed by atoms with van der Waals surface area (Å²) in [7, 11) is 1.43. The van der Waals surface area contributed by atoms with Gasteiger partial charge in [0, 0.05) is 19.6 Å². The minimum atomic E-state index is -0.278. The van der Waals surface area contributed by atoms with Gasteiger partial charge in [-0.25, -0.2) is 0 Å². The van der Waals surface area contributed by atoms with Crippen LogP contribution in [0.1, 0.15) is 19.2 Å². The molecule has 0 saturated heterocycles. The molecule has 0 saturated carbocycles. The minimum absolute atomic E-state index is 0.208. The van der Waals surface area contributed by atoms with Crippen LogP contribution in [0.25, 0.3) is 0 Å². The van der Waals surface area contributed by atoms with E-state index < -0.39 is 0 Å². The van der Waals surface area contributed by atoms with Crippen molar-refractivity contribution in [3.8, 4) is 0 Å². The topological polar surface area (TPSA) is 72.3 Å². The van der Waals surface area contributed by atoms with Crippen LogP contribution in [-0.2, 0) is 22.6 Å². The van der Waals surface area contributed by atoms with Gasteiger partial charge in [-0.2, -0.15) is 0 Å². The number of aromatic nitrogens is 3. The van der Waals surface area contributed by atoms with Gasteiger partial charge in [0.1, 0.15) is 18.2 Å². The van der Waals surface area contributed by atoms with Crippen molar-refractivity contribution in [3.63, 3.8) is 0 Å². The van der Waals surface area contributed by atoms with Crippen molar-refractivity contribution in [1.82, 2.24) is 25.0 Å². The molecule has 7 heteroatoms. The fraction of sp³-hybridized carbons (Fsp3) is 0.750. The lowest BCUT2D eigenvalue weighted by molar-refractivity contribution is -0.143. The number of rotatable bonds is 6. The largest absolute Gasteiger partial charge is 0.468 e. The smallest absolute Gasteiger partial charge is 0.324 e. The fourth-order valence-corrected chi connectivity index (χ4v) is 2.21. The maximum absolute atomic E-state index is 11.7. The Hall–Kier alpha value is -1.47. The number of fused-ring (bicyclic) bond motifs is 1. The fourth-order valence-electron chi connectivity index (χ4n) is 2.21. The van der Waals surface area contributed by atoms with Gasteiger partial charge in [0.05, 0.1) is 13.7 Å². The van der Waals surface area contributed by atoms with E-state index in [2.05, 4.69) is 27.3 Å². The van der Waals surface area contributed by atoms with Gasteiger partial charge in [0.25, 0.3) is 0 Å². The zero-order chi connectivity index (χ0) is 13.7. The summed E-state index contributed by atoms with van der Waals surface area (Å²) in [5, 5.41) is 11.2. The Morgan fingerprint density at radius 1 is 1.58 bits per heavy atom. The summed E-state index contributed by atoms with van der Waals surface area (Å²) in [6, 6.07) is -0.278. The summed E-state index contributed by atoms with van der Waals surface area (Å²) in [5.74, 6) is 0.742. The highest BCUT2D eigenvalue weighted by Crippen LogP contribution is 2.09. The number of carbonyl (C=O) groups is 1. The Balaban J connectivity index is 1.92. The van der Waals surface area contributed by atoms with Gasteiger partial charge in [-0.15, -0.1) is 10.2 Å². The molecule has 0 spiro atoms. The third-order valence-corrected chi connectivity index (χ3v) is 3.29. The number of methoxy groups -OCH3 is 1. The van der Waals surface area contributed by atoms with E-state index >= 15 is 0 Å². The summed E-state index contributed by atoms with van der Waals surface area (Å²) in [6.07, 6.45) is 2.74. The predicted molar refractivity (Wildman–Crippen MR) is 69.4 cm³/mol. The first-order valence-electron chi connectivity index (χ1n) is 6.64. The van der Waals surface area contributed by atoms with Crippen LogP contribution >= 0.6 is 0 Å². The van der Waals surface area contributed by atoms with Gasteiger partial charge >= 0.3 is 5.97 Å². The molecule has 2 rings (SSSR count). The lowest BCUT2D eigenvalue weighted by Gasteiger charge is -2.29. The van der Waals surface area contributed by atoms with E-state index in [4.69, 9.17) is 4.74 Å². The summed E-state index contributed by atoms with van der Waals surface area (Å²) >= 11 is 0. The van der Waals surface area contributed by atoms with E-state index in [1.165, 1.54) is 7.11 Å². The van der Waals surface area contributed by atoms with Crippen LogP contribution in [0.5, 0.6) is 0 Å². The van der Waals surface area contributed by atoms with Crippen molar-refractivity contribution < 1.29 is 9.53 Å². The summed E-state index contributed by atoms with van der Waals surface area (Å²) < 4.78 is 6.89. The molecular weight excluding hydrogens is 246 g/mol. The highest BCUT2D eigenvalue weighted by atomic mass is 16.5. The monoisotopic (exact) mass is 267 g/mol. The summed E-state index contributed by atoms with van der Waals surface area (Å²) in [4.78, 5) is 13.9. The SMILES string of the molecule is CCCNC(CN1CCn2cnnc2C1)C(=O)OC. The highest BCUT2D eigenvalue weighted by Gasteiger charge is 2.25. The van der Waals surface area contributed by atoms with Crippen LogP contribution in [0.3, 0.4) is 0 Å². The van der Waals surface area contributed by atoms with Crippen molar-refractivity contribution in [2.75, 3.05) is 26.7 Å². The molecule has 1 aromatic heterocycles. The molecule has 1 atom stereocenters. The molecule has 106 valence electrons. The number of nitrogens with one attached hydrogen (secondary N) is 1.